The van der Waals surface area contributed by atoms with Crippen LogP contribution in [0.1, 0.15) is 11.1 Å². The highest BCUT2D eigenvalue weighted by atomic mass is 32.2. The number of aryl methyl sites for hydroxylation is 2. The summed E-state index contributed by atoms with van der Waals surface area (Å²) in [5.41, 5.74) is 7.70. The Labute approximate surface area is 116 Å². The van der Waals surface area contributed by atoms with Crippen molar-refractivity contribution in [1.82, 2.24) is 9.21 Å². The second-order valence-corrected chi connectivity index (χ2v) is 7.10. The van der Waals surface area contributed by atoms with Gasteiger partial charge in [0.15, 0.2) is 0 Å². The molecule has 0 bridgehead atoms. The summed E-state index contributed by atoms with van der Waals surface area (Å²) in [5, 5.41) is 0. The van der Waals surface area contributed by atoms with Crippen LogP contribution in [0.2, 0.25) is 0 Å². The summed E-state index contributed by atoms with van der Waals surface area (Å²) in [6.45, 7) is 4.69. The van der Waals surface area contributed by atoms with E-state index < -0.39 is 10.0 Å². The van der Waals surface area contributed by atoms with Crippen molar-refractivity contribution >= 4 is 15.7 Å². The molecule has 0 aliphatic carbocycles. The molecule has 0 saturated carbocycles. The van der Waals surface area contributed by atoms with E-state index in [0.717, 1.165) is 0 Å². The molecule has 1 aromatic rings. The Bertz CT molecular complexity index is 530. The lowest BCUT2D eigenvalue weighted by Gasteiger charge is -2.21. The zero-order valence-corrected chi connectivity index (χ0v) is 13.1. The van der Waals surface area contributed by atoms with Gasteiger partial charge in [0.1, 0.15) is 0 Å². The van der Waals surface area contributed by atoms with Crippen LogP contribution in [-0.2, 0) is 10.0 Å². The fourth-order valence-corrected chi connectivity index (χ4v) is 3.57. The van der Waals surface area contributed by atoms with Crippen molar-refractivity contribution in [2.24, 2.45) is 0 Å². The molecular formula is C13H23N3O2S. The van der Waals surface area contributed by atoms with Crippen LogP contribution < -0.4 is 5.73 Å². The van der Waals surface area contributed by atoms with E-state index in [2.05, 4.69) is 0 Å². The molecule has 6 heteroatoms. The lowest BCUT2D eigenvalue weighted by molar-refractivity contribution is 0.358. The molecule has 0 amide bonds. The van der Waals surface area contributed by atoms with Gasteiger partial charge in [-0.3, -0.25) is 0 Å². The van der Waals surface area contributed by atoms with E-state index in [1.165, 1.54) is 4.31 Å². The van der Waals surface area contributed by atoms with Crippen LogP contribution in [0.15, 0.2) is 17.0 Å². The molecule has 1 rings (SSSR count). The summed E-state index contributed by atoms with van der Waals surface area (Å²) < 4.78 is 26.5. The van der Waals surface area contributed by atoms with Crippen LogP contribution in [-0.4, -0.2) is 51.9 Å². The van der Waals surface area contributed by atoms with Gasteiger partial charge in [-0.25, -0.2) is 8.42 Å². The number of likely N-dealkylation sites (N-methyl/N-ethyl adjacent to an activating group) is 2. The van der Waals surface area contributed by atoms with Crippen molar-refractivity contribution in [3.63, 3.8) is 0 Å². The fraction of sp³-hybridized carbons (Fsp3) is 0.538. The number of nitrogens with two attached hydrogens (primary N) is 1. The van der Waals surface area contributed by atoms with Gasteiger partial charge in [0.25, 0.3) is 0 Å². The Balaban J connectivity index is 3.14. The quantitative estimate of drug-likeness (QED) is 0.822. The van der Waals surface area contributed by atoms with E-state index >= 15 is 0 Å². The van der Waals surface area contributed by atoms with Gasteiger partial charge in [-0.1, -0.05) is 0 Å². The topological polar surface area (TPSA) is 66.6 Å². The molecule has 0 aliphatic rings. The minimum Gasteiger partial charge on any atom is -0.399 e. The first-order chi connectivity index (χ1) is 8.66. The first kappa shape index (κ1) is 15.9. The van der Waals surface area contributed by atoms with Crippen LogP contribution in [0.5, 0.6) is 0 Å². The number of hydrogen-bond donors (Lipinski definition) is 1. The van der Waals surface area contributed by atoms with Crippen molar-refractivity contribution < 1.29 is 8.42 Å². The first-order valence-corrected chi connectivity index (χ1v) is 7.58. The molecule has 0 unspecified atom stereocenters. The van der Waals surface area contributed by atoms with Crippen molar-refractivity contribution in [2.75, 3.05) is 40.0 Å². The normalized spacial score (nSPS) is 12.4. The predicted octanol–water partition coefficient (Wildman–Crippen LogP) is 1.07. The van der Waals surface area contributed by atoms with Crippen molar-refractivity contribution in [3.05, 3.63) is 23.3 Å². The Morgan fingerprint density at radius 2 is 1.53 bits per heavy atom. The molecule has 1 aromatic carbocycles. The summed E-state index contributed by atoms with van der Waals surface area (Å²) >= 11 is 0. The number of nitrogen functional groups attached to an aromatic ring is 1. The zero-order valence-electron chi connectivity index (χ0n) is 12.3. The van der Waals surface area contributed by atoms with E-state index in [4.69, 9.17) is 5.73 Å². The van der Waals surface area contributed by atoms with E-state index in [-0.39, 0.29) is 0 Å². The molecule has 2 N–H and O–H groups in total. The lowest BCUT2D eigenvalue weighted by Crippen LogP contribution is -2.34. The Morgan fingerprint density at radius 3 is 1.95 bits per heavy atom. The maximum atomic E-state index is 12.6. The maximum absolute atomic E-state index is 12.6. The van der Waals surface area contributed by atoms with Crippen LogP contribution in [0, 0.1) is 13.8 Å². The van der Waals surface area contributed by atoms with Gasteiger partial charge in [-0.2, -0.15) is 4.31 Å². The molecule has 0 heterocycles. The Morgan fingerprint density at radius 1 is 1.05 bits per heavy atom. The highest BCUT2D eigenvalue weighted by Crippen LogP contribution is 2.25. The van der Waals surface area contributed by atoms with Crippen molar-refractivity contribution in [1.29, 1.82) is 0 Å². The van der Waals surface area contributed by atoms with Gasteiger partial charge in [-0.15, -0.1) is 0 Å². The second kappa shape index (κ2) is 5.90. The number of benzene rings is 1. The Hall–Kier alpha value is -1.11. The molecule has 19 heavy (non-hydrogen) atoms. The minimum absolute atomic E-state index is 0.364. The summed E-state index contributed by atoms with van der Waals surface area (Å²) in [6, 6.07) is 3.39. The first-order valence-electron chi connectivity index (χ1n) is 6.14. The molecule has 0 fully saturated rings. The lowest BCUT2D eigenvalue weighted by atomic mass is 10.1. The van der Waals surface area contributed by atoms with Crippen LogP contribution >= 0.6 is 0 Å². The molecule has 0 aromatic heterocycles. The second-order valence-electron chi connectivity index (χ2n) is 5.11. The average molecular weight is 285 g/mol. The van der Waals surface area contributed by atoms with Gasteiger partial charge in [0, 0.05) is 25.8 Å². The molecule has 108 valence electrons. The summed E-state index contributed by atoms with van der Waals surface area (Å²) in [7, 11) is 1.98. The van der Waals surface area contributed by atoms with Crippen LogP contribution in [0.25, 0.3) is 0 Å². The minimum atomic E-state index is -3.46. The fourth-order valence-electron chi connectivity index (χ4n) is 2.01. The van der Waals surface area contributed by atoms with Crippen molar-refractivity contribution in [3.8, 4) is 0 Å². The third kappa shape index (κ3) is 3.68. The maximum Gasteiger partial charge on any atom is 0.243 e. The highest BCUT2D eigenvalue weighted by molar-refractivity contribution is 7.89. The van der Waals surface area contributed by atoms with Gasteiger partial charge in [0.05, 0.1) is 4.90 Å². The van der Waals surface area contributed by atoms with Gasteiger partial charge >= 0.3 is 0 Å². The molecule has 0 atom stereocenters. The van der Waals surface area contributed by atoms with E-state index in [0.29, 0.717) is 34.8 Å². The van der Waals surface area contributed by atoms with E-state index in [9.17, 15) is 8.42 Å². The van der Waals surface area contributed by atoms with Crippen LogP contribution in [0.4, 0.5) is 5.69 Å². The molecule has 0 radical (unpaired) electrons. The summed E-state index contributed by atoms with van der Waals surface area (Å²) in [5.74, 6) is 0. The Kier molecular flexibility index (Phi) is 4.95. The smallest absolute Gasteiger partial charge is 0.243 e. The standard InChI is InChI=1S/C13H23N3O2S/c1-10-8-12(14)9-11(2)13(10)19(17,18)16(5)7-6-15(3)4/h8-9H,6-7,14H2,1-5H3. The molecule has 0 spiro atoms. The molecule has 0 saturated heterocycles. The molecular weight excluding hydrogens is 262 g/mol. The monoisotopic (exact) mass is 285 g/mol. The van der Waals surface area contributed by atoms with Gasteiger partial charge < -0.3 is 10.6 Å². The summed E-state index contributed by atoms with van der Waals surface area (Å²) in [6.07, 6.45) is 0. The number of hydrogen-bond acceptors (Lipinski definition) is 4. The third-order valence-corrected chi connectivity index (χ3v) is 5.18. The third-order valence-electron chi connectivity index (χ3n) is 3.01. The summed E-state index contributed by atoms with van der Waals surface area (Å²) in [4.78, 5) is 2.32. The SMILES string of the molecule is Cc1cc(N)cc(C)c1S(=O)(=O)N(C)CCN(C)C. The van der Waals surface area contributed by atoms with Crippen molar-refractivity contribution in [2.45, 2.75) is 18.7 Å². The molecule has 0 aliphatic heterocycles. The van der Waals surface area contributed by atoms with Gasteiger partial charge in [-0.05, 0) is 51.2 Å². The number of rotatable bonds is 5. The predicted molar refractivity (Wildman–Crippen MR) is 78.7 cm³/mol. The highest BCUT2D eigenvalue weighted by Gasteiger charge is 2.24. The van der Waals surface area contributed by atoms with Gasteiger partial charge in [0.2, 0.25) is 10.0 Å². The van der Waals surface area contributed by atoms with E-state index in [1.54, 1.807) is 33.0 Å². The number of nitrogens with zero attached hydrogens (tertiary/aromatic N) is 2. The largest absolute Gasteiger partial charge is 0.399 e. The van der Waals surface area contributed by atoms with Crippen LogP contribution in [0.3, 0.4) is 0 Å². The molecule has 5 nitrogen and oxygen atoms in total. The zero-order chi connectivity index (χ0) is 14.8. The van der Waals surface area contributed by atoms with E-state index in [1.807, 2.05) is 19.0 Å². The average Bonchev–Trinajstić information content (AvgIpc) is 2.23. The number of sulfonamides is 1. The number of anilines is 1.